The molecule has 16 heavy (non-hydrogen) atoms. The molecule has 0 bridgehead atoms. The lowest BCUT2D eigenvalue weighted by Gasteiger charge is -2.05. The van der Waals surface area contributed by atoms with Gasteiger partial charge in [0.2, 0.25) is 15.9 Å². The fourth-order valence-electron chi connectivity index (χ4n) is 1.23. The van der Waals surface area contributed by atoms with E-state index in [0.29, 0.717) is 25.4 Å². The van der Waals surface area contributed by atoms with Crippen LogP contribution in [-0.2, 0) is 14.8 Å². The Morgan fingerprint density at radius 3 is 2.62 bits per heavy atom. The number of nitrogens with one attached hydrogen (secondary N) is 2. The third-order valence-corrected chi connectivity index (χ3v) is 3.65. The fraction of sp³-hybridized carbons (Fsp3) is 0.889. The minimum absolute atomic E-state index is 0.000484. The van der Waals surface area contributed by atoms with Crippen molar-refractivity contribution in [2.45, 2.75) is 31.7 Å². The minimum atomic E-state index is -3.25. The van der Waals surface area contributed by atoms with Crippen molar-refractivity contribution in [1.29, 1.82) is 0 Å². The van der Waals surface area contributed by atoms with Gasteiger partial charge in [0, 0.05) is 25.6 Å². The van der Waals surface area contributed by atoms with E-state index in [1.807, 2.05) is 0 Å². The molecular formula is C9H19N3O3S. The second-order valence-corrected chi connectivity index (χ2v) is 5.87. The molecule has 0 radical (unpaired) electrons. The number of hydrogen-bond acceptors (Lipinski definition) is 4. The first kappa shape index (κ1) is 13.4. The van der Waals surface area contributed by atoms with E-state index in [-0.39, 0.29) is 18.2 Å². The smallest absolute Gasteiger partial charge is 0.220 e. The molecule has 1 saturated carbocycles. The van der Waals surface area contributed by atoms with Crippen LogP contribution in [0.1, 0.15) is 25.7 Å². The van der Waals surface area contributed by atoms with Crippen LogP contribution in [-0.4, -0.2) is 39.2 Å². The van der Waals surface area contributed by atoms with Crippen LogP contribution in [0.5, 0.6) is 0 Å². The van der Waals surface area contributed by atoms with E-state index >= 15 is 0 Å². The summed E-state index contributed by atoms with van der Waals surface area (Å²) in [5, 5.41) is 2.84. The standard InChI is InChI=1S/C9H19N3O3S/c10-5-7-16(14,15)11-6-1-2-9(13)12-8-3-4-8/h8,11H,1-7,10H2,(H,12,13). The molecule has 0 aromatic carbocycles. The lowest BCUT2D eigenvalue weighted by atomic mass is 10.3. The van der Waals surface area contributed by atoms with Crippen molar-refractivity contribution < 1.29 is 13.2 Å². The van der Waals surface area contributed by atoms with E-state index < -0.39 is 10.0 Å². The number of nitrogens with two attached hydrogens (primary N) is 1. The summed E-state index contributed by atoms with van der Waals surface area (Å²) in [5.74, 6) is -0.0677. The number of amides is 1. The first-order chi connectivity index (χ1) is 7.53. The minimum Gasteiger partial charge on any atom is -0.353 e. The number of rotatable bonds is 8. The van der Waals surface area contributed by atoms with Gasteiger partial charge in [-0.25, -0.2) is 13.1 Å². The Labute approximate surface area is 96.0 Å². The van der Waals surface area contributed by atoms with E-state index in [4.69, 9.17) is 5.73 Å². The van der Waals surface area contributed by atoms with Crippen LogP contribution in [0.3, 0.4) is 0 Å². The quantitative estimate of drug-likeness (QED) is 0.476. The maximum absolute atomic E-state index is 11.2. The van der Waals surface area contributed by atoms with E-state index in [0.717, 1.165) is 12.8 Å². The second kappa shape index (κ2) is 6.17. The Morgan fingerprint density at radius 2 is 2.06 bits per heavy atom. The monoisotopic (exact) mass is 249 g/mol. The van der Waals surface area contributed by atoms with Gasteiger partial charge in [0.05, 0.1) is 5.75 Å². The zero-order chi connectivity index (χ0) is 12.0. The van der Waals surface area contributed by atoms with Gasteiger partial charge < -0.3 is 11.1 Å². The SMILES string of the molecule is NCCS(=O)(=O)NCCCC(=O)NC1CC1. The van der Waals surface area contributed by atoms with Crippen LogP contribution >= 0.6 is 0 Å². The lowest BCUT2D eigenvalue weighted by Crippen LogP contribution is -2.31. The van der Waals surface area contributed by atoms with E-state index in [1.54, 1.807) is 0 Å². The molecule has 0 aliphatic heterocycles. The highest BCUT2D eigenvalue weighted by atomic mass is 32.2. The Morgan fingerprint density at radius 1 is 1.38 bits per heavy atom. The van der Waals surface area contributed by atoms with Gasteiger partial charge in [-0.3, -0.25) is 4.79 Å². The van der Waals surface area contributed by atoms with Crippen molar-refractivity contribution in [3.05, 3.63) is 0 Å². The maximum atomic E-state index is 11.2. The van der Waals surface area contributed by atoms with Gasteiger partial charge in [0.15, 0.2) is 0 Å². The van der Waals surface area contributed by atoms with Crippen LogP contribution in [0.15, 0.2) is 0 Å². The molecule has 1 rings (SSSR count). The molecule has 0 atom stereocenters. The molecule has 7 heteroatoms. The van der Waals surface area contributed by atoms with E-state index in [1.165, 1.54) is 0 Å². The molecule has 1 aliphatic carbocycles. The van der Waals surface area contributed by atoms with E-state index in [9.17, 15) is 13.2 Å². The van der Waals surface area contributed by atoms with Crippen LogP contribution in [0.25, 0.3) is 0 Å². The molecule has 1 amide bonds. The van der Waals surface area contributed by atoms with Gasteiger partial charge in [0.1, 0.15) is 0 Å². The number of sulfonamides is 1. The molecule has 0 unspecified atom stereocenters. The predicted octanol–water partition coefficient (Wildman–Crippen LogP) is -1.08. The molecule has 0 heterocycles. The summed E-state index contributed by atoms with van der Waals surface area (Å²) in [6.45, 7) is 0.401. The average molecular weight is 249 g/mol. The van der Waals surface area contributed by atoms with Gasteiger partial charge in [-0.15, -0.1) is 0 Å². The predicted molar refractivity (Wildman–Crippen MR) is 61.2 cm³/mol. The maximum Gasteiger partial charge on any atom is 0.220 e. The third-order valence-electron chi connectivity index (χ3n) is 2.23. The lowest BCUT2D eigenvalue weighted by molar-refractivity contribution is -0.121. The summed E-state index contributed by atoms with van der Waals surface area (Å²) >= 11 is 0. The number of hydrogen-bond donors (Lipinski definition) is 3. The van der Waals surface area contributed by atoms with Crippen molar-refractivity contribution in [1.82, 2.24) is 10.0 Å². The van der Waals surface area contributed by atoms with Gasteiger partial charge >= 0.3 is 0 Å². The Bertz CT molecular complexity index is 325. The topological polar surface area (TPSA) is 101 Å². The molecule has 4 N–H and O–H groups in total. The highest BCUT2D eigenvalue weighted by molar-refractivity contribution is 7.89. The molecule has 6 nitrogen and oxygen atoms in total. The fourth-order valence-corrected chi connectivity index (χ4v) is 2.14. The van der Waals surface area contributed by atoms with Crippen LogP contribution in [0.2, 0.25) is 0 Å². The van der Waals surface area contributed by atoms with Gasteiger partial charge in [-0.1, -0.05) is 0 Å². The highest BCUT2D eigenvalue weighted by Crippen LogP contribution is 2.18. The summed E-state index contributed by atoms with van der Waals surface area (Å²) in [6.07, 6.45) is 3.01. The number of carbonyl (C=O) groups is 1. The van der Waals surface area contributed by atoms with Crippen molar-refractivity contribution in [2.24, 2.45) is 5.73 Å². The molecular weight excluding hydrogens is 230 g/mol. The van der Waals surface area contributed by atoms with E-state index in [2.05, 4.69) is 10.0 Å². The molecule has 0 saturated heterocycles. The van der Waals surface area contributed by atoms with Gasteiger partial charge in [-0.05, 0) is 19.3 Å². The highest BCUT2D eigenvalue weighted by Gasteiger charge is 2.22. The summed E-state index contributed by atoms with van der Waals surface area (Å²) in [4.78, 5) is 11.2. The molecule has 1 aliphatic rings. The molecule has 0 aromatic rings. The molecule has 0 aromatic heterocycles. The normalized spacial score (nSPS) is 16.1. The van der Waals surface area contributed by atoms with Crippen molar-refractivity contribution in [3.8, 4) is 0 Å². The summed E-state index contributed by atoms with van der Waals surface area (Å²) in [6, 6.07) is 0.362. The summed E-state index contributed by atoms with van der Waals surface area (Å²) in [7, 11) is -3.25. The summed E-state index contributed by atoms with van der Waals surface area (Å²) in [5.41, 5.74) is 5.15. The summed E-state index contributed by atoms with van der Waals surface area (Å²) < 4.78 is 24.7. The third kappa shape index (κ3) is 6.04. The molecule has 1 fully saturated rings. The Hall–Kier alpha value is -0.660. The number of carbonyl (C=O) groups excluding carboxylic acids is 1. The Balaban J connectivity index is 2.04. The largest absolute Gasteiger partial charge is 0.353 e. The van der Waals surface area contributed by atoms with Gasteiger partial charge in [0.25, 0.3) is 0 Å². The van der Waals surface area contributed by atoms with Crippen molar-refractivity contribution in [3.63, 3.8) is 0 Å². The molecule has 94 valence electrons. The van der Waals surface area contributed by atoms with Crippen molar-refractivity contribution >= 4 is 15.9 Å². The first-order valence-corrected chi connectivity index (χ1v) is 7.15. The van der Waals surface area contributed by atoms with Crippen LogP contribution in [0.4, 0.5) is 0 Å². The zero-order valence-corrected chi connectivity index (χ0v) is 10.1. The van der Waals surface area contributed by atoms with Crippen LogP contribution in [0, 0.1) is 0 Å². The molecule has 0 spiro atoms. The van der Waals surface area contributed by atoms with Gasteiger partial charge in [-0.2, -0.15) is 0 Å². The van der Waals surface area contributed by atoms with Crippen molar-refractivity contribution in [2.75, 3.05) is 18.8 Å². The van der Waals surface area contributed by atoms with Crippen LogP contribution < -0.4 is 15.8 Å². The zero-order valence-electron chi connectivity index (χ0n) is 9.24. The Kier molecular flexibility index (Phi) is 5.17. The average Bonchev–Trinajstić information content (AvgIpc) is 2.96. The first-order valence-electron chi connectivity index (χ1n) is 5.50. The second-order valence-electron chi connectivity index (χ2n) is 3.95.